The van der Waals surface area contributed by atoms with Crippen LogP contribution in [-0.4, -0.2) is 49.6 Å². The van der Waals surface area contributed by atoms with Crippen LogP contribution in [-0.2, 0) is 6.42 Å². The molecule has 6 nitrogen and oxygen atoms in total. The molecule has 0 bridgehead atoms. The fourth-order valence-corrected chi connectivity index (χ4v) is 3.67. The number of carbonyl (C=O) groups excluding carboxylic acids is 1. The molecule has 0 aliphatic carbocycles. The van der Waals surface area contributed by atoms with Gasteiger partial charge < -0.3 is 26.4 Å². The van der Waals surface area contributed by atoms with Crippen LogP contribution in [0, 0.1) is 0 Å². The molecule has 1 fully saturated rings. The van der Waals surface area contributed by atoms with Gasteiger partial charge in [0.1, 0.15) is 5.75 Å². The third kappa shape index (κ3) is 3.61. The number of ether oxygens (including phenoxy) is 1. The van der Waals surface area contributed by atoms with E-state index >= 15 is 0 Å². The summed E-state index contributed by atoms with van der Waals surface area (Å²) in [7, 11) is 0. The Bertz CT molecular complexity index is 615. The normalized spacial score (nSPS) is 18.8. The van der Waals surface area contributed by atoms with Crippen molar-refractivity contribution in [3.05, 3.63) is 22.2 Å². The minimum Gasteiger partial charge on any atom is -0.492 e. The molecule has 2 aliphatic heterocycles. The van der Waals surface area contributed by atoms with Gasteiger partial charge >= 0.3 is 0 Å². The highest BCUT2D eigenvalue weighted by Crippen LogP contribution is 2.38. The first-order valence-electron chi connectivity index (χ1n) is 8.57. The molecule has 1 amide bonds. The molecule has 1 aromatic carbocycles. The first kappa shape index (κ1) is 17.3. The Kier molecular flexibility index (Phi) is 5.48. The molecule has 3 rings (SSSR count). The van der Waals surface area contributed by atoms with E-state index in [1.54, 1.807) is 6.07 Å². The number of likely N-dealkylation sites (tertiary alicyclic amines) is 1. The van der Waals surface area contributed by atoms with Gasteiger partial charge in [0.2, 0.25) is 0 Å². The molecule has 132 valence electrons. The lowest BCUT2D eigenvalue weighted by atomic mass is 9.99. The van der Waals surface area contributed by atoms with E-state index in [0.29, 0.717) is 35.2 Å². The van der Waals surface area contributed by atoms with Gasteiger partial charge in [-0.25, -0.2) is 0 Å². The Morgan fingerprint density at radius 3 is 2.88 bits per heavy atom. The van der Waals surface area contributed by atoms with Crippen molar-refractivity contribution in [1.82, 2.24) is 10.2 Å². The number of anilines is 1. The second-order valence-corrected chi connectivity index (χ2v) is 6.86. The van der Waals surface area contributed by atoms with E-state index in [-0.39, 0.29) is 11.9 Å². The monoisotopic (exact) mass is 352 g/mol. The number of rotatable bonds is 4. The Morgan fingerprint density at radius 2 is 2.17 bits per heavy atom. The molecule has 0 aromatic heterocycles. The second kappa shape index (κ2) is 7.59. The van der Waals surface area contributed by atoms with Crippen LogP contribution in [0.4, 0.5) is 5.69 Å². The quantitative estimate of drug-likeness (QED) is 0.712. The number of amides is 1. The van der Waals surface area contributed by atoms with E-state index in [4.69, 9.17) is 27.8 Å². The average molecular weight is 353 g/mol. The predicted octanol–water partition coefficient (Wildman–Crippen LogP) is 1.40. The lowest BCUT2D eigenvalue weighted by molar-refractivity contribution is 0.0907. The van der Waals surface area contributed by atoms with E-state index < -0.39 is 0 Å². The third-order valence-corrected chi connectivity index (χ3v) is 5.12. The highest BCUT2D eigenvalue weighted by Gasteiger charge is 2.26. The van der Waals surface area contributed by atoms with Gasteiger partial charge in [0.15, 0.2) is 0 Å². The SMILES string of the molecule is NCCN1CCC(NC(=O)c2cc(Cl)c(N)c3c2OCCC3)CC1. The summed E-state index contributed by atoms with van der Waals surface area (Å²) in [4.78, 5) is 15.1. The van der Waals surface area contributed by atoms with Crippen molar-refractivity contribution < 1.29 is 9.53 Å². The van der Waals surface area contributed by atoms with Crippen LogP contribution in [0.1, 0.15) is 35.2 Å². The van der Waals surface area contributed by atoms with Gasteiger partial charge in [-0.05, 0) is 31.7 Å². The predicted molar refractivity (Wildman–Crippen MR) is 95.7 cm³/mol. The maximum absolute atomic E-state index is 12.7. The van der Waals surface area contributed by atoms with Crippen LogP contribution < -0.4 is 21.5 Å². The summed E-state index contributed by atoms with van der Waals surface area (Å²) in [5.41, 5.74) is 13.5. The van der Waals surface area contributed by atoms with Gasteiger partial charge in [-0.1, -0.05) is 11.6 Å². The van der Waals surface area contributed by atoms with Crippen molar-refractivity contribution in [2.45, 2.75) is 31.7 Å². The highest BCUT2D eigenvalue weighted by molar-refractivity contribution is 6.33. The number of nitrogens with one attached hydrogen (secondary N) is 1. The van der Waals surface area contributed by atoms with Gasteiger partial charge in [0.25, 0.3) is 5.91 Å². The third-order valence-electron chi connectivity index (χ3n) is 4.80. The maximum atomic E-state index is 12.7. The fraction of sp³-hybridized carbons (Fsp3) is 0.588. The summed E-state index contributed by atoms with van der Waals surface area (Å²) in [6, 6.07) is 1.79. The Balaban J connectivity index is 1.71. The minimum atomic E-state index is -0.132. The number of piperidine rings is 1. The Labute approximate surface area is 147 Å². The number of benzene rings is 1. The molecule has 2 heterocycles. The van der Waals surface area contributed by atoms with Crippen LogP contribution in [0.2, 0.25) is 5.02 Å². The van der Waals surface area contributed by atoms with E-state index in [0.717, 1.165) is 50.9 Å². The number of nitrogen functional groups attached to an aromatic ring is 1. The molecule has 0 unspecified atom stereocenters. The summed E-state index contributed by atoms with van der Waals surface area (Å²) in [5, 5.41) is 3.54. The van der Waals surface area contributed by atoms with Crippen molar-refractivity contribution in [3.63, 3.8) is 0 Å². The molecule has 2 aliphatic rings. The van der Waals surface area contributed by atoms with Crippen molar-refractivity contribution in [3.8, 4) is 5.75 Å². The molecule has 0 atom stereocenters. The Hall–Kier alpha value is -1.50. The standard InChI is InChI=1S/C17H25ClN4O2/c18-14-10-13(16-12(15(14)20)2-1-9-24-16)17(23)21-11-3-6-22(7-4-11)8-5-19/h10-11H,1-9,19-20H2,(H,21,23). The van der Waals surface area contributed by atoms with Crippen LogP contribution in [0.15, 0.2) is 6.07 Å². The minimum absolute atomic E-state index is 0.132. The summed E-state index contributed by atoms with van der Waals surface area (Å²) >= 11 is 6.21. The highest BCUT2D eigenvalue weighted by atomic mass is 35.5. The molecule has 7 heteroatoms. The molecule has 0 radical (unpaired) electrons. The number of nitrogens with two attached hydrogens (primary N) is 2. The van der Waals surface area contributed by atoms with Crippen molar-refractivity contribution in [2.24, 2.45) is 5.73 Å². The number of halogens is 1. The number of hydrogen-bond donors (Lipinski definition) is 3. The van der Waals surface area contributed by atoms with Gasteiger partial charge in [-0.2, -0.15) is 0 Å². The van der Waals surface area contributed by atoms with E-state index in [9.17, 15) is 4.79 Å². The second-order valence-electron chi connectivity index (χ2n) is 6.46. The first-order chi connectivity index (χ1) is 11.6. The van der Waals surface area contributed by atoms with Crippen molar-refractivity contribution in [1.29, 1.82) is 0 Å². The van der Waals surface area contributed by atoms with E-state index in [1.807, 2.05) is 0 Å². The Morgan fingerprint density at radius 1 is 1.42 bits per heavy atom. The summed E-state index contributed by atoms with van der Waals surface area (Å²) < 4.78 is 5.73. The number of fused-ring (bicyclic) bond motifs is 1. The van der Waals surface area contributed by atoms with Crippen LogP contribution >= 0.6 is 11.6 Å². The molecule has 0 spiro atoms. The molecule has 1 aromatic rings. The zero-order valence-electron chi connectivity index (χ0n) is 13.8. The number of nitrogens with zero attached hydrogens (tertiary/aromatic N) is 1. The summed E-state index contributed by atoms with van der Waals surface area (Å²) in [6.45, 7) is 4.10. The van der Waals surface area contributed by atoms with Gasteiger partial charge in [-0.15, -0.1) is 0 Å². The van der Waals surface area contributed by atoms with E-state index in [2.05, 4.69) is 10.2 Å². The molecule has 5 N–H and O–H groups in total. The molecule has 0 saturated carbocycles. The molecule has 24 heavy (non-hydrogen) atoms. The number of hydrogen-bond acceptors (Lipinski definition) is 5. The van der Waals surface area contributed by atoms with Gasteiger partial charge in [-0.3, -0.25) is 4.79 Å². The lowest BCUT2D eigenvalue weighted by Gasteiger charge is -2.32. The van der Waals surface area contributed by atoms with E-state index in [1.165, 1.54) is 0 Å². The molecular formula is C17H25ClN4O2. The topological polar surface area (TPSA) is 93.6 Å². The molecular weight excluding hydrogens is 328 g/mol. The van der Waals surface area contributed by atoms with Gasteiger partial charge in [0.05, 0.1) is 22.9 Å². The average Bonchev–Trinajstić information content (AvgIpc) is 2.60. The van der Waals surface area contributed by atoms with Crippen LogP contribution in [0.25, 0.3) is 0 Å². The van der Waals surface area contributed by atoms with Crippen LogP contribution in [0.3, 0.4) is 0 Å². The van der Waals surface area contributed by atoms with Crippen LogP contribution in [0.5, 0.6) is 5.75 Å². The summed E-state index contributed by atoms with van der Waals surface area (Å²) in [5.74, 6) is 0.466. The maximum Gasteiger partial charge on any atom is 0.255 e. The van der Waals surface area contributed by atoms with Crippen molar-refractivity contribution in [2.75, 3.05) is 38.5 Å². The smallest absolute Gasteiger partial charge is 0.255 e. The molecule has 1 saturated heterocycles. The lowest BCUT2D eigenvalue weighted by Crippen LogP contribution is -2.45. The zero-order chi connectivity index (χ0) is 17.1. The number of carbonyl (C=O) groups is 1. The first-order valence-corrected chi connectivity index (χ1v) is 8.95. The largest absolute Gasteiger partial charge is 0.492 e. The fourth-order valence-electron chi connectivity index (χ4n) is 3.45. The zero-order valence-corrected chi connectivity index (χ0v) is 14.6. The summed E-state index contributed by atoms with van der Waals surface area (Å²) in [6.07, 6.45) is 3.53. The van der Waals surface area contributed by atoms with Crippen molar-refractivity contribution >= 4 is 23.2 Å². The van der Waals surface area contributed by atoms with Gasteiger partial charge in [0, 0.05) is 37.8 Å².